The van der Waals surface area contributed by atoms with Crippen molar-refractivity contribution in [3.8, 4) is 22.3 Å². The highest BCUT2D eigenvalue weighted by molar-refractivity contribution is 6.06. The van der Waals surface area contributed by atoms with Crippen LogP contribution >= 0.6 is 0 Å². The number of hydrogen-bond acceptors (Lipinski definition) is 8. The van der Waals surface area contributed by atoms with Crippen molar-refractivity contribution in [3.05, 3.63) is 152 Å². The number of piperidine rings is 1. The zero-order valence-corrected chi connectivity index (χ0v) is 33.6. The quantitative estimate of drug-likeness (QED) is 0.0504. The largest absolute Gasteiger partial charge is 0.463 e. The second-order valence-electron chi connectivity index (χ2n) is 14.5. The minimum atomic E-state index is -1.36. The zero-order chi connectivity index (χ0) is 42.4. The van der Waals surface area contributed by atoms with E-state index in [0.717, 1.165) is 27.0 Å². The van der Waals surface area contributed by atoms with E-state index >= 15 is 0 Å². The predicted molar refractivity (Wildman–Crippen MR) is 236 cm³/mol. The number of anilines is 4. The van der Waals surface area contributed by atoms with Crippen molar-refractivity contribution in [1.29, 1.82) is 0 Å². The van der Waals surface area contributed by atoms with Crippen LogP contribution in [0.5, 0.6) is 0 Å². The van der Waals surface area contributed by atoms with Gasteiger partial charge >= 0.3 is 12.2 Å². The number of benzene rings is 5. The molecule has 0 atom stereocenters. The molecule has 312 valence electrons. The second kappa shape index (κ2) is 20.6. The van der Waals surface area contributed by atoms with E-state index in [1.165, 1.54) is 0 Å². The lowest BCUT2D eigenvalue weighted by molar-refractivity contribution is -0.117. The van der Waals surface area contributed by atoms with E-state index in [1.54, 1.807) is 60.9 Å². The van der Waals surface area contributed by atoms with Gasteiger partial charge in [-0.3, -0.25) is 9.59 Å². The van der Waals surface area contributed by atoms with Crippen LogP contribution in [-0.4, -0.2) is 76.3 Å². The van der Waals surface area contributed by atoms with Crippen LogP contribution in [-0.2, 0) is 20.9 Å². The SMILES string of the molecule is O=C(CCNCc1ncc[nH]1)Nc1cccc(NC(=O)CCN2CCC(OC(=O)N(c3ccccc3-c3ccccc3)N(C(=O)O)c3ccccc3-c3ccccc3)CC2)c1. The maximum Gasteiger partial charge on any atom is 0.434 e. The summed E-state index contributed by atoms with van der Waals surface area (Å²) in [7, 11) is 0. The molecule has 0 radical (unpaired) electrons. The normalized spacial score (nSPS) is 12.9. The number of hydrogen-bond donors (Lipinski definition) is 5. The van der Waals surface area contributed by atoms with Crippen molar-refractivity contribution in [2.24, 2.45) is 0 Å². The zero-order valence-electron chi connectivity index (χ0n) is 33.6. The Morgan fingerprint density at radius 3 is 1.84 bits per heavy atom. The van der Waals surface area contributed by atoms with Gasteiger partial charge in [0, 0.05) is 73.9 Å². The fourth-order valence-corrected chi connectivity index (χ4v) is 7.25. The number of hydrazine groups is 1. The number of ether oxygens (including phenoxy) is 1. The Hall–Kier alpha value is -7.29. The summed E-state index contributed by atoms with van der Waals surface area (Å²) in [5.41, 5.74) is 4.65. The fraction of sp³-hybridized carbons (Fsp3) is 0.213. The average Bonchev–Trinajstić information content (AvgIpc) is 3.81. The van der Waals surface area contributed by atoms with E-state index in [1.807, 2.05) is 84.9 Å². The third-order valence-electron chi connectivity index (χ3n) is 10.3. The molecule has 1 saturated heterocycles. The molecule has 0 unspecified atom stereocenters. The van der Waals surface area contributed by atoms with Gasteiger partial charge in [-0.05, 0) is 54.3 Å². The number of H-pyrrole nitrogens is 1. The number of amides is 4. The molecule has 14 nitrogen and oxygen atoms in total. The van der Waals surface area contributed by atoms with Crippen molar-refractivity contribution in [1.82, 2.24) is 20.2 Å². The standard InChI is InChI=1S/C47H48N8O6/c56-44(22-26-48-33-43-49-27-28-50-43)51-36-16-11-17-37(32-36)52-45(57)25-31-53-29-23-38(24-30-53)61-47(60)55(42-21-10-8-19-40(42)35-14-5-2-6-15-35)54(46(58)59)41-20-9-7-18-39(41)34-12-3-1-4-13-34/h1-21,27-28,32,38,48H,22-26,29-31,33H2,(H,49,50)(H,51,56)(H,52,57)(H,58,59). The summed E-state index contributed by atoms with van der Waals surface area (Å²) in [5, 5.41) is 22.0. The molecule has 0 spiro atoms. The summed E-state index contributed by atoms with van der Waals surface area (Å²) < 4.78 is 6.17. The molecule has 0 bridgehead atoms. The number of carbonyl (C=O) groups is 4. The van der Waals surface area contributed by atoms with Crippen LogP contribution in [0.3, 0.4) is 0 Å². The van der Waals surface area contributed by atoms with Crippen molar-refractivity contribution in [2.75, 3.05) is 46.8 Å². The third-order valence-corrected chi connectivity index (χ3v) is 10.3. The Kier molecular flexibility index (Phi) is 14.1. The molecule has 61 heavy (non-hydrogen) atoms. The van der Waals surface area contributed by atoms with Crippen LogP contribution in [0, 0.1) is 0 Å². The molecule has 1 fully saturated rings. The average molecular weight is 821 g/mol. The number of aromatic amines is 1. The van der Waals surface area contributed by atoms with Crippen molar-refractivity contribution in [2.45, 2.75) is 38.3 Å². The second-order valence-corrected chi connectivity index (χ2v) is 14.5. The van der Waals surface area contributed by atoms with Gasteiger partial charge in [0.15, 0.2) is 0 Å². The molecule has 1 aliphatic rings. The van der Waals surface area contributed by atoms with E-state index in [-0.39, 0.29) is 30.3 Å². The van der Waals surface area contributed by atoms with Crippen molar-refractivity contribution < 1.29 is 29.0 Å². The number of carbonyl (C=O) groups excluding carboxylic acids is 3. The first-order valence-electron chi connectivity index (χ1n) is 20.3. The first-order valence-corrected chi connectivity index (χ1v) is 20.3. The van der Waals surface area contributed by atoms with E-state index in [2.05, 4.69) is 30.8 Å². The highest BCUT2D eigenvalue weighted by Crippen LogP contribution is 2.38. The molecule has 6 aromatic rings. The summed E-state index contributed by atoms with van der Waals surface area (Å²) in [6.07, 6.45) is 2.24. The minimum Gasteiger partial charge on any atom is -0.463 e. The molecule has 0 aliphatic carbocycles. The molecule has 5 N–H and O–H groups in total. The summed E-state index contributed by atoms with van der Waals surface area (Å²) in [6, 6.07) is 40.2. The number of carboxylic acid groups (broad SMARTS) is 1. The summed E-state index contributed by atoms with van der Waals surface area (Å²) in [6.45, 7) is 2.66. The highest BCUT2D eigenvalue weighted by Gasteiger charge is 2.36. The van der Waals surface area contributed by atoms with Gasteiger partial charge in [0.25, 0.3) is 0 Å². The molecule has 5 aromatic carbocycles. The van der Waals surface area contributed by atoms with Crippen LogP contribution < -0.4 is 26.0 Å². The van der Waals surface area contributed by atoms with E-state index in [4.69, 9.17) is 4.74 Å². The topological polar surface area (TPSA) is 172 Å². The number of likely N-dealkylation sites (tertiary alicyclic amines) is 1. The van der Waals surface area contributed by atoms with Crippen molar-refractivity contribution >= 4 is 46.8 Å². The minimum absolute atomic E-state index is 0.151. The predicted octanol–water partition coefficient (Wildman–Crippen LogP) is 8.40. The van der Waals surface area contributed by atoms with Gasteiger partial charge in [0.1, 0.15) is 11.9 Å². The smallest absolute Gasteiger partial charge is 0.434 e. The molecular weight excluding hydrogens is 773 g/mol. The van der Waals surface area contributed by atoms with E-state index in [0.29, 0.717) is 73.8 Å². The number of nitrogens with one attached hydrogen (secondary N) is 4. The molecule has 1 aromatic heterocycles. The Morgan fingerprint density at radius 1 is 0.705 bits per heavy atom. The lowest BCUT2D eigenvalue weighted by Gasteiger charge is -2.36. The summed E-state index contributed by atoms with van der Waals surface area (Å²) in [5.74, 6) is 0.477. The highest BCUT2D eigenvalue weighted by atomic mass is 16.6. The number of imidazole rings is 1. The van der Waals surface area contributed by atoms with Gasteiger partial charge in [-0.25, -0.2) is 14.6 Å². The van der Waals surface area contributed by atoms with Gasteiger partial charge in [-0.15, -0.1) is 0 Å². The molecule has 4 amide bonds. The summed E-state index contributed by atoms with van der Waals surface area (Å²) >= 11 is 0. The molecular formula is C47H48N8O6. The van der Waals surface area contributed by atoms with Gasteiger partial charge < -0.3 is 35.7 Å². The van der Waals surface area contributed by atoms with Gasteiger partial charge in [-0.1, -0.05) is 103 Å². The van der Waals surface area contributed by atoms with Gasteiger partial charge in [0.05, 0.1) is 17.9 Å². The van der Waals surface area contributed by atoms with Crippen molar-refractivity contribution in [3.63, 3.8) is 0 Å². The number of para-hydroxylation sites is 2. The number of nitrogens with zero attached hydrogens (tertiary/aromatic N) is 4. The Morgan fingerprint density at radius 2 is 1.26 bits per heavy atom. The van der Waals surface area contributed by atoms with Gasteiger partial charge in [0.2, 0.25) is 11.8 Å². The Labute approximate surface area is 354 Å². The third kappa shape index (κ3) is 11.3. The van der Waals surface area contributed by atoms with Crippen LogP contribution in [0.25, 0.3) is 22.3 Å². The van der Waals surface area contributed by atoms with Crippen LogP contribution in [0.15, 0.2) is 146 Å². The number of rotatable bonds is 15. The Bertz CT molecular complexity index is 2390. The van der Waals surface area contributed by atoms with Gasteiger partial charge in [-0.2, -0.15) is 10.0 Å². The molecule has 14 heteroatoms. The lowest BCUT2D eigenvalue weighted by Crippen LogP contribution is -2.52. The first-order chi connectivity index (χ1) is 29.8. The molecule has 0 saturated carbocycles. The first kappa shape index (κ1) is 41.9. The fourth-order valence-electron chi connectivity index (χ4n) is 7.25. The number of aromatic nitrogens is 2. The van der Waals surface area contributed by atoms with Crippen LogP contribution in [0.4, 0.5) is 32.3 Å². The maximum absolute atomic E-state index is 14.5. The Balaban J connectivity index is 0.971. The van der Waals surface area contributed by atoms with Crippen LogP contribution in [0.2, 0.25) is 0 Å². The van der Waals surface area contributed by atoms with Crippen LogP contribution in [0.1, 0.15) is 31.5 Å². The summed E-state index contributed by atoms with van der Waals surface area (Å²) in [4.78, 5) is 62.7. The maximum atomic E-state index is 14.5. The van der Waals surface area contributed by atoms with E-state index < -0.39 is 18.3 Å². The molecule has 1 aliphatic heterocycles. The molecule has 7 rings (SSSR count). The molecule has 2 heterocycles. The monoisotopic (exact) mass is 820 g/mol. The van der Waals surface area contributed by atoms with E-state index in [9.17, 15) is 24.3 Å². The lowest BCUT2D eigenvalue weighted by atomic mass is 10.0.